The minimum Gasteiger partial charge on any atom is -0.316 e. The molecule has 0 atom stereocenters. The first-order chi connectivity index (χ1) is 9.39. The lowest BCUT2D eigenvalue weighted by Gasteiger charge is -2.47. The van der Waals surface area contributed by atoms with Crippen LogP contribution in [0.1, 0.15) is 24.8 Å². The fourth-order valence-electron chi connectivity index (χ4n) is 2.46. The van der Waals surface area contributed by atoms with E-state index in [0.29, 0.717) is 17.3 Å². The van der Waals surface area contributed by atoms with E-state index in [1.54, 1.807) is 6.07 Å². The van der Waals surface area contributed by atoms with Crippen molar-refractivity contribution in [2.75, 3.05) is 27.7 Å². The van der Waals surface area contributed by atoms with Gasteiger partial charge >= 0.3 is 0 Å². The highest BCUT2D eigenvalue weighted by Crippen LogP contribution is 2.35. The molecule has 1 aromatic heterocycles. The molecular weight excluding hydrogens is 294 g/mol. The Balaban J connectivity index is 2.03. The quantitative estimate of drug-likeness (QED) is 0.794. The summed E-state index contributed by atoms with van der Waals surface area (Å²) in [5, 5.41) is 4.91. The molecule has 114 valence electrons. The Hall–Kier alpha value is -0.470. The molecule has 0 aliphatic heterocycles. The van der Waals surface area contributed by atoms with Crippen molar-refractivity contribution in [3.8, 4) is 0 Å². The van der Waals surface area contributed by atoms with Crippen molar-refractivity contribution < 1.29 is 8.42 Å². The molecule has 1 fully saturated rings. The Bertz CT molecular complexity index is 548. The van der Waals surface area contributed by atoms with Crippen LogP contribution in [0.3, 0.4) is 0 Å². The van der Waals surface area contributed by atoms with Crippen molar-refractivity contribution in [2.24, 2.45) is 0 Å². The monoisotopic (exact) mass is 317 g/mol. The van der Waals surface area contributed by atoms with Gasteiger partial charge in [0.2, 0.25) is 10.0 Å². The second kappa shape index (κ2) is 6.11. The lowest BCUT2D eigenvalue weighted by Crippen LogP contribution is -2.57. The Morgan fingerprint density at radius 2 is 2.10 bits per heavy atom. The lowest BCUT2D eigenvalue weighted by atomic mass is 9.76. The van der Waals surface area contributed by atoms with Gasteiger partial charge in [-0.15, -0.1) is 11.3 Å². The molecule has 1 heterocycles. The van der Waals surface area contributed by atoms with Gasteiger partial charge in [0.25, 0.3) is 0 Å². The normalized spacial score (nSPS) is 18.2. The number of thiophene rings is 1. The molecule has 20 heavy (non-hydrogen) atoms. The Kier molecular flexibility index (Phi) is 4.86. The Labute approximate surface area is 125 Å². The SMILES string of the molecule is CNCc1csc(S(=O)(=O)NCC2(N(C)C)CCC2)c1. The van der Waals surface area contributed by atoms with Crippen LogP contribution in [0.5, 0.6) is 0 Å². The molecule has 0 spiro atoms. The number of rotatable bonds is 7. The van der Waals surface area contributed by atoms with Crippen LogP contribution >= 0.6 is 11.3 Å². The van der Waals surface area contributed by atoms with E-state index in [2.05, 4.69) is 14.9 Å². The van der Waals surface area contributed by atoms with Crippen LogP contribution in [0.25, 0.3) is 0 Å². The third kappa shape index (κ3) is 3.23. The molecule has 5 nitrogen and oxygen atoms in total. The van der Waals surface area contributed by atoms with Crippen molar-refractivity contribution in [1.29, 1.82) is 0 Å². The molecule has 1 aliphatic rings. The largest absolute Gasteiger partial charge is 0.316 e. The van der Waals surface area contributed by atoms with Crippen molar-refractivity contribution in [1.82, 2.24) is 14.9 Å². The third-order valence-corrected chi connectivity index (χ3v) is 6.99. The zero-order chi connectivity index (χ0) is 14.8. The Morgan fingerprint density at radius 3 is 2.60 bits per heavy atom. The summed E-state index contributed by atoms with van der Waals surface area (Å²) >= 11 is 1.28. The van der Waals surface area contributed by atoms with E-state index in [9.17, 15) is 8.42 Å². The summed E-state index contributed by atoms with van der Waals surface area (Å²) in [5.74, 6) is 0. The van der Waals surface area contributed by atoms with Crippen LogP contribution in [-0.4, -0.2) is 46.5 Å². The molecule has 2 rings (SSSR count). The molecule has 0 radical (unpaired) electrons. The van der Waals surface area contributed by atoms with E-state index in [1.165, 1.54) is 17.8 Å². The second-order valence-electron chi connectivity index (χ2n) is 5.60. The van der Waals surface area contributed by atoms with Gasteiger partial charge in [0, 0.05) is 18.6 Å². The van der Waals surface area contributed by atoms with Gasteiger partial charge in [-0.3, -0.25) is 0 Å². The van der Waals surface area contributed by atoms with Gasteiger partial charge in [-0.1, -0.05) is 0 Å². The number of likely N-dealkylation sites (N-methyl/N-ethyl adjacent to an activating group) is 1. The zero-order valence-electron chi connectivity index (χ0n) is 12.3. The van der Waals surface area contributed by atoms with Crippen molar-refractivity contribution in [3.63, 3.8) is 0 Å². The Morgan fingerprint density at radius 1 is 1.40 bits per heavy atom. The van der Waals surface area contributed by atoms with Crippen molar-refractivity contribution in [2.45, 2.75) is 35.6 Å². The van der Waals surface area contributed by atoms with Crippen molar-refractivity contribution in [3.05, 3.63) is 17.0 Å². The fourth-order valence-corrected chi connectivity index (χ4v) is 4.83. The van der Waals surface area contributed by atoms with Gasteiger partial charge < -0.3 is 10.2 Å². The van der Waals surface area contributed by atoms with E-state index in [0.717, 1.165) is 18.4 Å². The summed E-state index contributed by atoms with van der Waals surface area (Å²) in [6.07, 6.45) is 3.28. The average molecular weight is 317 g/mol. The minimum atomic E-state index is -3.39. The fraction of sp³-hybridized carbons (Fsp3) is 0.692. The van der Waals surface area contributed by atoms with Gasteiger partial charge in [0.15, 0.2) is 0 Å². The van der Waals surface area contributed by atoms with Crippen LogP contribution in [0, 0.1) is 0 Å². The first kappa shape index (κ1) is 15.9. The van der Waals surface area contributed by atoms with Gasteiger partial charge in [0.05, 0.1) is 0 Å². The van der Waals surface area contributed by atoms with Crippen LogP contribution in [0.15, 0.2) is 15.7 Å². The summed E-state index contributed by atoms with van der Waals surface area (Å²) in [6, 6.07) is 1.74. The van der Waals surface area contributed by atoms with Crippen LogP contribution < -0.4 is 10.0 Å². The highest BCUT2D eigenvalue weighted by Gasteiger charge is 2.39. The number of sulfonamides is 1. The summed E-state index contributed by atoms with van der Waals surface area (Å²) in [6.45, 7) is 1.18. The predicted molar refractivity (Wildman–Crippen MR) is 82.5 cm³/mol. The standard InChI is InChI=1S/C13H23N3O2S2/c1-14-8-11-7-12(19-9-11)20(17,18)15-10-13(16(2)3)5-4-6-13/h7,9,14-15H,4-6,8,10H2,1-3H3. The molecule has 0 aromatic carbocycles. The molecule has 1 saturated carbocycles. The van der Waals surface area contributed by atoms with Gasteiger partial charge in [0.1, 0.15) is 4.21 Å². The molecule has 0 saturated heterocycles. The summed E-state index contributed by atoms with van der Waals surface area (Å²) in [7, 11) is 2.50. The number of hydrogen-bond donors (Lipinski definition) is 2. The summed E-state index contributed by atoms with van der Waals surface area (Å²) in [4.78, 5) is 2.14. The molecule has 0 unspecified atom stereocenters. The molecule has 2 N–H and O–H groups in total. The first-order valence-electron chi connectivity index (χ1n) is 6.79. The van der Waals surface area contributed by atoms with Gasteiger partial charge in [-0.25, -0.2) is 13.1 Å². The minimum absolute atomic E-state index is 0.00185. The predicted octanol–water partition coefficient (Wildman–Crippen LogP) is 1.23. The lowest BCUT2D eigenvalue weighted by molar-refractivity contribution is 0.0657. The molecule has 7 heteroatoms. The first-order valence-corrected chi connectivity index (χ1v) is 9.15. The van der Waals surface area contributed by atoms with E-state index in [4.69, 9.17) is 0 Å². The van der Waals surface area contributed by atoms with E-state index in [1.807, 2.05) is 26.5 Å². The molecule has 0 bridgehead atoms. The molecule has 1 aliphatic carbocycles. The van der Waals surface area contributed by atoms with Crippen LogP contribution in [0.2, 0.25) is 0 Å². The maximum absolute atomic E-state index is 12.3. The van der Waals surface area contributed by atoms with Crippen LogP contribution in [0.4, 0.5) is 0 Å². The number of nitrogens with one attached hydrogen (secondary N) is 2. The van der Waals surface area contributed by atoms with E-state index >= 15 is 0 Å². The molecule has 0 amide bonds. The summed E-state index contributed by atoms with van der Waals surface area (Å²) < 4.78 is 27.8. The topological polar surface area (TPSA) is 61.4 Å². The zero-order valence-corrected chi connectivity index (χ0v) is 13.9. The number of hydrogen-bond acceptors (Lipinski definition) is 5. The average Bonchev–Trinajstić information content (AvgIpc) is 2.76. The van der Waals surface area contributed by atoms with E-state index in [-0.39, 0.29) is 5.54 Å². The van der Waals surface area contributed by atoms with Crippen molar-refractivity contribution >= 4 is 21.4 Å². The highest BCUT2D eigenvalue weighted by molar-refractivity contribution is 7.91. The van der Waals surface area contributed by atoms with E-state index < -0.39 is 10.0 Å². The molecule has 1 aromatic rings. The highest BCUT2D eigenvalue weighted by atomic mass is 32.2. The van der Waals surface area contributed by atoms with Gasteiger partial charge in [-0.05, 0) is 57.4 Å². The molecular formula is C13H23N3O2S2. The van der Waals surface area contributed by atoms with Crippen LogP contribution in [-0.2, 0) is 16.6 Å². The number of nitrogens with zero attached hydrogens (tertiary/aromatic N) is 1. The maximum atomic E-state index is 12.3. The van der Waals surface area contributed by atoms with Gasteiger partial charge in [-0.2, -0.15) is 0 Å². The third-order valence-electron chi connectivity index (χ3n) is 4.10. The maximum Gasteiger partial charge on any atom is 0.250 e. The smallest absolute Gasteiger partial charge is 0.250 e. The summed E-state index contributed by atoms with van der Waals surface area (Å²) in [5.41, 5.74) is 1.00. The second-order valence-corrected chi connectivity index (χ2v) is 8.51.